The Morgan fingerprint density at radius 3 is 2.50 bits per heavy atom. The lowest BCUT2D eigenvalue weighted by Gasteiger charge is -1.95. The highest BCUT2D eigenvalue weighted by Crippen LogP contribution is 2.01. The SMILES string of the molecule is O=[C]C(=O)CCc1ccccc1. The third-order valence-electron chi connectivity index (χ3n) is 1.60. The van der Waals surface area contributed by atoms with Crippen LogP contribution in [0.5, 0.6) is 0 Å². The maximum Gasteiger partial charge on any atom is 0.272 e. The van der Waals surface area contributed by atoms with Crippen LogP contribution in [-0.2, 0) is 16.0 Å². The summed E-state index contributed by atoms with van der Waals surface area (Å²) in [7, 11) is 0. The summed E-state index contributed by atoms with van der Waals surface area (Å²) in [4.78, 5) is 20.4. The van der Waals surface area contributed by atoms with E-state index in [2.05, 4.69) is 0 Å². The summed E-state index contributed by atoms with van der Waals surface area (Å²) in [6, 6.07) is 9.59. The molecule has 2 heteroatoms. The van der Waals surface area contributed by atoms with E-state index in [0.717, 1.165) is 5.56 Å². The van der Waals surface area contributed by atoms with Crippen LogP contribution in [-0.4, -0.2) is 12.1 Å². The molecule has 1 rings (SSSR count). The van der Waals surface area contributed by atoms with E-state index >= 15 is 0 Å². The van der Waals surface area contributed by atoms with Crippen LogP contribution in [0.3, 0.4) is 0 Å². The maximum atomic E-state index is 10.6. The van der Waals surface area contributed by atoms with Gasteiger partial charge in [-0.25, -0.2) is 0 Å². The van der Waals surface area contributed by atoms with E-state index in [4.69, 9.17) is 0 Å². The first kappa shape index (κ1) is 8.65. The molecule has 0 heterocycles. The Balaban J connectivity index is 2.43. The normalized spacial score (nSPS) is 9.33. The second-order valence-corrected chi connectivity index (χ2v) is 2.51. The molecule has 0 atom stereocenters. The molecule has 0 fully saturated rings. The van der Waals surface area contributed by atoms with E-state index < -0.39 is 5.78 Å². The van der Waals surface area contributed by atoms with E-state index in [9.17, 15) is 9.59 Å². The van der Waals surface area contributed by atoms with Crippen molar-refractivity contribution in [1.29, 1.82) is 0 Å². The van der Waals surface area contributed by atoms with Gasteiger partial charge in [0.15, 0.2) is 0 Å². The van der Waals surface area contributed by atoms with Gasteiger partial charge >= 0.3 is 0 Å². The molecule has 1 radical (unpaired) electrons. The van der Waals surface area contributed by atoms with E-state index in [0.29, 0.717) is 6.42 Å². The Labute approximate surface area is 71.2 Å². The third kappa shape index (κ3) is 2.66. The van der Waals surface area contributed by atoms with Gasteiger partial charge in [0.05, 0.1) is 0 Å². The average Bonchev–Trinajstić information content (AvgIpc) is 2.16. The highest BCUT2D eigenvalue weighted by atomic mass is 16.2. The lowest BCUT2D eigenvalue weighted by Crippen LogP contribution is -2.00. The zero-order chi connectivity index (χ0) is 8.81. The molecule has 0 bridgehead atoms. The molecule has 0 aliphatic carbocycles. The predicted molar refractivity (Wildman–Crippen MR) is 45.5 cm³/mol. The van der Waals surface area contributed by atoms with Gasteiger partial charge in [0, 0.05) is 6.42 Å². The van der Waals surface area contributed by atoms with Crippen molar-refractivity contribution in [1.82, 2.24) is 0 Å². The van der Waals surface area contributed by atoms with Gasteiger partial charge in [0.2, 0.25) is 5.78 Å². The van der Waals surface area contributed by atoms with Crippen molar-refractivity contribution in [2.45, 2.75) is 12.8 Å². The number of benzene rings is 1. The molecule has 0 saturated heterocycles. The third-order valence-corrected chi connectivity index (χ3v) is 1.60. The number of carbonyl (C=O) groups is 1. The summed E-state index contributed by atoms with van der Waals surface area (Å²) in [5.74, 6) is -0.459. The molecular formula is C10H9O2. The second kappa shape index (κ2) is 4.44. The van der Waals surface area contributed by atoms with E-state index in [1.807, 2.05) is 30.3 Å². The van der Waals surface area contributed by atoms with Crippen molar-refractivity contribution in [2.75, 3.05) is 0 Å². The quantitative estimate of drug-likeness (QED) is 0.624. The highest BCUT2D eigenvalue weighted by molar-refractivity contribution is 6.25. The molecule has 1 aromatic rings. The van der Waals surface area contributed by atoms with Crippen molar-refractivity contribution in [3.8, 4) is 0 Å². The zero-order valence-corrected chi connectivity index (χ0v) is 6.62. The van der Waals surface area contributed by atoms with Gasteiger partial charge in [-0.05, 0) is 12.0 Å². The molecule has 0 unspecified atom stereocenters. The lowest BCUT2D eigenvalue weighted by molar-refractivity contribution is -0.113. The Kier molecular flexibility index (Phi) is 3.20. The fourth-order valence-corrected chi connectivity index (χ4v) is 0.954. The van der Waals surface area contributed by atoms with Crippen molar-refractivity contribution in [3.05, 3.63) is 35.9 Å². The largest absolute Gasteiger partial charge is 0.290 e. The fraction of sp³-hybridized carbons (Fsp3) is 0.200. The summed E-state index contributed by atoms with van der Waals surface area (Å²) < 4.78 is 0. The first-order chi connectivity index (χ1) is 5.83. The summed E-state index contributed by atoms with van der Waals surface area (Å²) >= 11 is 0. The lowest BCUT2D eigenvalue weighted by atomic mass is 10.1. The van der Waals surface area contributed by atoms with E-state index in [1.165, 1.54) is 6.29 Å². The minimum absolute atomic E-state index is 0.257. The van der Waals surface area contributed by atoms with Crippen LogP contribution in [0.2, 0.25) is 0 Å². The number of rotatable bonds is 4. The second-order valence-electron chi connectivity index (χ2n) is 2.51. The summed E-state index contributed by atoms with van der Waals surface area (Å²) in [6.45, 7) is 0. The van der Waals surface area contributed by atoms with Gasteiger partial charge in [-0.2, -0.15) is 0 Å². The monoisotopic (exact) mass is 161 g/mol. The molecule has 0 N–H and O–H groups in total. The minimum Gasteiger partial charge on any atom is -0.290 e. The maximum absolute atomic E-state index is 10.6. The van der Waals surface area contributed by atoms with Gasteiger partial charge < -0.3 is 0 Å². The van der Waals surface area contributed by atoms with Gasteiger partial charge in [0.25, 0.3) is 6.29 Å². The number of carbonyl (C=O) groups excluding carboxylic acids is 2. The van der Waals surface area contributed by atoms with Crippen LogP contribution in [0.25, 0.3) is 0 Å². The summed E-state index contributed by atoms with van der Waals surface area (Å²) in [5, 5.41) is 0. The Bertz CT molecular complexity index is 264. The first-order valence-corrected chi connectivity index (χ1v) is 3.78. The molecule has 1 aromatic carbocycles. The number of Topliss-reactive ketones (excluding diaryl/α,β-unsaturated/α-hetero) is 1. The van der Waals surface area contributed by atoms with E-state index in [-0.39, 0.29) is 6.42 Å². The van der Waals surface area contributed by atoms with Crippen LogP contribution >= 0.6 is 0 Å². The van der Waals surface area contributed by atoms with Crippen molar-refractivity contribution < 1.29 is 9.59 Å². The molecule has 0 aliphatic heterocycles. The van der Waals surface area contributed by atoms with Gasteiger partial charge in [-0.1, -0.05) is 30.3 Å². The molecule has 0 amide bonds. The molecule has 0 spiro atoms. The van der Waals surface area contributed by atoms with Crippen molar-refractivity contribution in [2.24, 2.45) is 0 Å². The van der Waals surface area contributed by atoms with Gasteiger partial charge in [-0.15, -0.1) is 0 Å². The summed E-state index contributed by atoms with van der Waals surface area (Å²) in [5.41, 5.74) is 1.07. The molecule has 2 nitrogen and oxygen atoms in total. The molecule has 12 heavy (non-hydrogen) atoms. The molecule has 0 aliphatic rings. The Morgan fingerprint density at radius 1 is 1.25 bits per heavy atom. The van der Waals surface area contributed by atoms with Crippen LogP contribution in [0.15, 0.2) is 30.3 Å². The molecular weight excluding hydrogens is 152 g/mol. The minimum atomic E-state index is -0.459. The van der Waals surface area contributed by atoms with Crippen molar-refractivity contribution in [3.63, 3.8) is 0 Å². The Morgan fingerprint density at radius 2 is 1.92 bits per heavy atom. The van der Waals surface area contributed by atoms with Crippen molar-refractivity contribution >= 4 is 12.1 Å². The van der Waals surface area contributed by atoms with E-state index in [1.54, 1.807) is 0 Å². The topological polar surface area (TPSA) is 34.1 Å². The smallest absolute Gasteiger partial charge is 0.272 e. The van der Waals surface area contributed by atoms with Crippen LogP contribution in [0, 0.1) is 0 Å². The average molecular weight is 161 g/mol. The molecule has 0 saturated carbocycles. The molecule has 61 valence electrons. The highest BCUT2D eigenvalue weighted by Gasteiger charge is 2.00. The van der Waals surface area contributed by atoms with Crippen LogP contribution in [0.4, 0.5) is 0 Å². The summed E-state index contributed by atoms with van der Waals surface area (Å²) in [6.07, 6.45) is 2.22. The fourth-order valence-electron chi connectivity index (χ4n) is 0.954. The van der Waals surface area contributed by atoms with Crippen LogP contribution in [0.1, 0.15) is 12.0 Å². The molecule has 0 aromatic heterocycles. The van der Waals surface area contributed by atoms with Gasteiger partial charge in [0.1, 0.15) is 0 Å². The number of ketones is 1. The number of hydrogen-bond donors (Lipinski definition) is 0. The number of hydrogen-bond acceptors (Lipinski definition) is 2. The standard InChI is InChI=1S/C10H9O2/c11-8-10(12)7-6-9-4-2-1-3-5-9/h1-5H,6-7H2. The number of aryl methyl sites for hydroxylation is 1. The van der Waals surface area contributed by atoms with Gasteiger partial charge in [-0.3, -0.25) is 9.59 Å². The Hall–Kier alpha value is -1.44. The zero-order valence-electron chi connectivity index (χ0n) is 6.62. The first-order valence-electron chi connectivity index (χ1n) is 3.78. The predicted octanol–water partition coefficient (Wildman–Crippen LogP) is 1.30. The van der Waals surface area contributed by atoms with Crippen LogP contribution < -0.4 is 0 Å².